The summed E-state index contributed by atoms with van der Waals surface area (Å²) in [5.41, 5.74) is 7.38. The molecule has 37 heavy (non-hydrogen) atoms. The van der Waals surface area contributed by atoms with Gasteiger partial charge in [0.1, 0.15) is 11.3 Å². The number of amides is 1. The monoisotopic (exact) mass is 508 g/mol. The lowest BCUT2D eigenvalue weighted by atomic mass is 9.99. The normalized spacial score (nSPS) is 20.2. The van der Waals surface area contributed by atoms with Crippen molar-refractivity contribution in [2.75, 3.05) is 51.0 Å². The van der Waals surface area contributed by atoms with Crippen LogP contribution in [0.1, 0.15) is 37.3 Å². The van der Waals surface area contributed by atoms with Crippen molar-refractivity contribution in [3.8, 4) is 11.5 Å². The highest BCUT2D eigenvalue weighted by Gasteiger charge is 2.34. The predicted molar refractivity (Wildman–Crippen MR) is 140 cm³/mol. The second-order valence-corrected chi connectivity index (χ2v) is 9.54. The second-order valence-electron chi connectivity index (χ2n) is 9.54. The molecule has 0 radical (unpaired) electrons. The third kappa shape index (κ3) is 4.98. The van der Waals surface area contributed by atoms with E-state index in [1.165, 1.54) is 14.2 Å². The highest BCUT2D eigenvalue weighted by atomic mass is 19.1. The first kappa shape index (κ1) is 25.0. The number of carbonyl (C=O) groups excluding carboxylic acids is 1. The maximum atomic E-state index is 15.4. The number of nitrogen functional groups attached to an aromatic ring is 1. The average Bonchev–Trinajstić information content (AvgIpc) is 2.94. The van der Waals surface area contributed by atoms with Crippen molar-refractivity contribution in [1.29, 1.82) is 0 Å². The van der Waals surface area contributed by atoms with E-state index in [0.717, 1.165) is 31.4 Å². The number of fused-ring (bicyclic) bond motifs is 1. The lowest BCUT2D eigenvalue weighted by Crippen LogP contribution is -2.52. The topological polar surface area (TPSA) is 106 Å². The minimum Gasteiger partial charge on any atom is -0.493 e. The van der Waals surface area contributed by atoms with Crippen LogP contribution in [0.5, 0.6) is 11.5 Å². The maximum absolute atomic E-state index is 15.4. The van der Waals surface area contributed by atoms with Gasteiger partial charge in [0.05, 0.1) is 20.3 Å². The molecular weight excluding hydrogens is 475 g/mol. The summed E-state index contributed by atoms with van der Waals surface area (Å²) >= 11 is 0. The summed E-state index contributed by atoms with van der Waals surface area (Å²) in [6, 6.07) is 11.5. The van der Waals surface area contributed by atoms with Crippen molar-refractivity contribution >= 4 is 28.6 Å². The van der Waals surface area contributed by atoms with Crippen LogP contribution in [-0.4, -0.2) is 67.2 Å². The fraction of sp³-hybridized carbons (Fsp3) is 0.444. The van der Waals surface area contributed by atoms with Crippen LogP contribution in [0, 0.1) is 5.82 Å². The van der Waals surface area contributed by atoms with E-state index in [0.29, 0.717) is 37.4 Å². The Kier molecular flexibility index (Phi) is 7.27. The molecule has 2 fully saturated rings. The van der Waals surface area contributed by atoms with Crippen LogP contribution in [0.3, 0.4) is 0 Å². The highest BCUT2D eigenvalue weighted by Crippen LogP contribution is 2.38. The van der Waals surface area contributed by atoms with E-state index in [1.807, 2.05) is 40.1 Å². The standard InChI is InChI=1S/C27H33FN6O3/c1-36-21-15-19-24(23(28)25(21)37-2)31-27(32-26(19)29)34-13-12-33(16-20(34)17-8-4-3-5-9-17)22(35)14-18-10-6-7-11-30-18/h3-5,8-9,15,18,20,30H,6-7,10-14,16H2,1-2H3,(H2,29,31,32)/t18?,20-/m1/s1. The first-order valence-electron chi connectivity index (χ1n) is 12.7. The van der Waals surface area contributed by atoms with Crippen LogP contribution < -0.4 is 25.4 Å². The van der Waals surface area contributed by atoms with E-state index in [4.69, 9.17) is 15.2 Å². The number of benzene rings is 2. The number of hydrogen-bond donors (Lipinski definition) is 2. The summed E-state index contributed by atoms with van der Waals surface area (Å²) in [4.78, 5) is 26.3. The minimum atomic E-state index is -0.655. The third-order valence-corrected chi connectivity index (χ3v) is 7.30. The van der Waals surface area contributed by atoms with Crippen molar-refractivity contribution in [3.05, 3.63) is 47.8 Å². The van der Waals surface area contributed by atoms with Crippen LogP contribution in [0.4, 0.5) is 16.2 Å². The SMILES string of the molecule is COc1cc2c(N)nc(N3CCN(C(=O)CC4CCCCN4)C[C@@H]3c3ccccc3)nc2c(F)c1OC. The van der Waals surface area contributed by atoms with Crippen LogP contribution in [0.25, 0.3) is 10.9 Å². The summed E-state index contributed by atoms with van der Waals surface area (Å²) in [5, 5.41) is 3.82. The Morgan fingerprint density at radius 1 is 1.16 bits per heavy atom. The van der Waals surface area contributed by atoms with Gasteiger partial charge in [0.15, 0.2) is 17.3 Å². The molecule has 0 bridgehead atoms. The van der Waals surface area contributed by atoms with Crippen molar-refractivity contribution < 1.29 is 18.7 Å². The van der Waals surface area contributed by atoms with Gasteiger partial charge >= 0.3 is 0 Å². The predicted octanol–water partition coefficient (Wildman–Crippen LogP) is 3.29. The number of piperazine rings is 1. The molecule has 2 aromatic carbocycles. The Morgan fingerprint density at radius 3 is 2.68 bits per heavy atom. The van der Waals surface area contributed by atoms with Gasteiger partial charge in [-0.15, -0.1) is 0 Å². The summed E-state index contributed by atoms with van der Waals surface area (Å²) in [7, 11) is 2.81. The summed E-state index contributed by atoms with van der Waals surface area (Å²) < 4.78 is 25.9. The summed E-state index contributed by atoms with van der Waals surface area (Å²) in [5.74, 6) is 0.126. The fourth-order valence-electron chi connectivity index (χ4n) is 5.31. The Labute approximate surface area is 215 Å². The quantitative estimate of drug-likeness (QED) is 0.523. The number of halogens is 1. The summed E-state index contributed by atoms with van der Waals surface area (Å²) in [6.45, 7) is 2.45. The van der Waals surface area contributed by atoms with E-state index in [2.05, 4.69) is 15.3 Å². The smallest absolute Gasteiger partial charge is 0.228 e. The zero-order chi connectivity index (χ0) is 25.9. The Morgan fingerprint density at radius 2 is 1.97 bits per heavy atom. The van der Waals surface area contributed by atoms with Gasteiger partial charge in [0.2, 0.25) is 11.9 Å². The number of hydrogen-bond acceptors (Lipinski definition) is 8. The molecule has 2 saturated heterocycles. The Hall–Kier alpha value is -3.66. The average molecular weight is 509 g/mol. The van der Waals surface area contributed by atoms with E-state index in [9.17, 15) is 4.79 Å². The van der Waals surface area contributed by atoms with E-state index in [-0.39, 0.29) is 40.8 Å². The molecule has 3 N–H and O–H groups in total. The number of anilines is 2. The number of aromatic nitrogens is 2. The first-order valence-corrected chi connectivity index (χ1v) is 12.7. The molecular formula is C27H33FN6O3. The van der Waals surface area contributed by atoms with Gasteiger partial charge in [-0.25, -0.2) is 9.37 Å². The van der Waals surface area contributed by atoms with Crippen molar-refractivity contribution in [2.24, 2.45) is 0 Å². The maximum Gasteiger partial charge on any atom is 0.228 e. The summed E-state index contributed by atoms with van der Waals surface area (Å²) in [6.07, 6.45) is 3.83. The highest BCUT2D eigenvalue weighted by molar-refractivity contribution is 5.92. The second kappa shape index (κ2) is 10.8. The van der Waals surface area contributed by atoms with E-state index >= 15 is 4.39 Å². The molecule has 3 heterocycles. The van der Waals surface area contributed by atoms with Gasteiger partial charge in [-0.1, -0.05) is 36.8 Å². The molecule has 0 spiro atoms. The molecule has 0 aliphatic carbocycles. The van der Waals surface area contributed by atoms with E-state index in [1.54, 1.807) is 6.07 Å². The van der Waals surface area contributed by atoms with Gasteiger partial charge in [-0.05, 0) is 31.0 Å². The van der Waals surface area contributed by atoms with Gasteiger partial charge < -0.3 is 30.3 Å². The van der Waals surface area contributed by atoms with Crippen LogP contribution in [0.15, 0.2) is 36.4 Å². The molecule has 5 rings (SSSR count). The molecule has 1 amide bonds. The largest absolute Gasteiger partial charge is 0.493 e. The lowest BCUT2D eigenvalue weighted by Gasteiger charge is -2.42. The number of nitrogens with zero attached hydrogens (tertiary/aromatic N) is 4. The lowest BCUT2D eigenvalue weighted by molar-refractivity contribution is -0.132. The van der Waals surface area contributed by atoms with Gasteiger partial charge in [0, 0.05) is 37.5 Å². The molecule has 3 aromatic rings. The van der Waals surface area contributed by atoms with Crippen molar-refractivity contribution in [2.45, 2.75) is 37.8 Å². The number of methoxy groups -OCH3 is 2. The molecule has 1 unspecified atom stereocenters. The molecule has 196 valence electrons. The van der Waals surface area contributed by atoms with Crippen LogP contribution >= 0.6 is 0 Å². The van der Waals surface area contributed by atoms with Gasteiger partial charge in [0.25, 0.3) is 0 Å². The van der Waals surface area contributed by atoms with Crippen molar-refractivity contribution in [1.82, 2.24) is 20.2 Å². The molecule has 10 heteroatoms. The van der Waals surface area contributed by atoms with Crippen LogP contribution in [0.2, 0.25) is 0 Å². The fourth-order valence-corrected chi connectivity index (χ4v) is 5.31. The molecule has 0 saturated carbocycles. The minimum absolute atomic E-state index is 0.0367. The van der Waals surface area contributed by atoms with Gasteiger partial charge in [-0.2, -0.15) is 4.98 Å². The molecule has 2 aliphatic rings. The van der Waals surface area contributed by atoms with E-state index < -0.39 is 5.82 Å². The zero-order valence-electron chi connectivity index (χ0n) is 21.2. The Balaban J connectivity index is 1.48. The number of nitrogens with two attached hydrogens (primary N) is 1. The van der Waals surface area contributed by atoms with Crippen LogP contribution in [-0.2, 0) is 4.79 Å². The first-order chi connectivity index (χ1) is 18.0. The third-order valence-electron chi connectivity index (χ3n) is 7.30. The van der Waals surface area contributed by atoms with Gasteiger partial charge in [-0.3, -0.25) is 4.79 Å². The number of ether oxygens (including phenoxy) is 2. The number of carbonyl (C=O) groups is 1. The number of piperidine rings is 1. The Bertz CT molecular complexity index is 1270. The number of rotatable bonds is 6. The van der Waals surface area contributed by atoms with Crippen molar-refractivity contribution in [3.63, 3.8) is 0 Å². The molecule has 9 nitrogen and oxygen atoms in total. The zero-order valence-corrected chi connectivity index (χ0v) is 21.2. The number of nitrogens with one attached hydrogen (secondary N) is 1. The molecule has 1 aromatic heterocycles. The molecule has 2 atom stereocenters. The molecule has 2 aliphatic heterocycles.